The first-order valence-corrected chi connectivity index (χ1v) is 7.16. The Bertz CT molecular complexity index is 466. The van der Waals surface area contributed by atoms with Crippen LogP contribution in [0.25, 0.3) is 0 Å². The van der Waals surface area contributed by atoms with E-state index in [4.69, 9.17) is 10.5 Å². The Morgan fingerprint density at radius 1 is 1.24 bits per heavy atom. The third kappa shape index (κ3) is 5.41. The summed E-state index contributed by atoms with van der Waals surface area (Å²) in [5.74, 6) is 0.228. The Morgan fingerprint density at radius 3 is 2.43 bits per heavy atom. The number of rotatable bonds is 9. The lowest BCUT2D eigenvalue weighted by Gasteiger charge is -2.19. The molecule has 1 heterocycles. The van der Waals surface area contributed by atoms with Gasteiger partial charge in [-0.2, -0.15) is 15.0 Å². The standard InChI is InChI=1S/C13H24N6O2/c1-5-7-21-13-18-11(15-6-2)17-12(19-13)16-9(8(3)4)10(14)20/h8-9H,5-7H2,1-4H3,(H2,14,20)(H2,15,16,17,18,19). The fraction of sp³-hybridized carbons (Fsp3) is 0.692. The quantitative estimate of drug-likeness (QED) is 0.623. The van der Waals surface area contributed by atoms with Crippen molar-refractivity contribution >= 4 is 17.8 Å². The van der Waals surface area contributed by atoms with E-state index < -0.39 is 11.9 Å². The fourth-order valence-corrected chi connectivity index (χ4v) is 1.62. The molecule has 0 aromatic carbocycles. The van der Waals surface area contributed by atoms with E-state index in [1.54, 1.807) is 0 Å². The number of hydrogen-bond donors (Lipinski definition) is 3. The molecule has 0 spiro atoms. The molecule has 0 aliphatic rings. The van der Waals surface area contributed by atoms with Crippen molar-refractivity contribution in [2.75, 3.05) is 23.8 Å². The average Bonchev–Trinajstić information content (AvgIpc) is 2.42. The first-order chi connectivity index (χ1) is 9.97. The van der Waals surface area contributed by atoms with Crippen LogP contribution < -0.4 is 21.1 Å². The molecule has 1 amide bonds. The topological polar surface area (TPSA) is 115 Å². The second-order valence-electron chi connectivity index (χ2n) is 4.91. The molecule has 1 aromatic rings. The van der Waals surface area contributed by atoms with Gasteiger partial charge in [0.05, 0.1) is 6.61 Å². The lowest BCUT2D eigenvalue weighted by Crippen LogP contribution is -2.40. The molecule has 0 saturated carbocycles. The van der Waals surface area contributed by atoms with E-state index >= 15 is 0 Å². The Labute approximate surface area is 124 Å². The predicted molar refractivity (Wildman–Crippen MR) is 81.2 cm³/mol. The van der Waals surface area contributed by atoms with Crippen LogP contribution >= 0.6 is 0 Å². The normalized spacial score (nSPS) is 12.0. The van der Waals surface area contributed by atoms with Crippen LogP contribution in [-0.4, -0.2) is 40.1 Å². The number of nitrogens with zero attached hydrogens (tertiary/aromatic N) is 3. The largest absolute Gasteiger partial charge is 0.463 e. The molecule has 1 rings (SSSR count). The van der Waals surface area contributed by atoms with E-state index in [1.165, 1.54) is 0 Å². The molecule has 8 heteroatoms. The van der Waals surface area contributed by atoms with Crippen LogP contribution in [0.3, 0.4) is 0 Å². The van der Waals surface area contributed by atoms with Gasteiger partial charge in [0.15, 0.2) is 0 Å². The van der Waals surface area contributed by atoms with Gasteiger partial charge in [-0.25, -0.2) is 0 Å². The Morgan fingerprint density at radius 2 is 1.90 bits per heavy atom. The summed E-state index contributed by atoms with van der Waals surface area (Å²) < 4.78 is 5.43. The molecule has 1 aromatic heterocycles. The summed E-state index contributed by atoms with van der Waals surface area (Å²) in [5.41, 5.74) is 5.38. The summed E-state index contributed by atoms with van der Waals surface area (Å²) in [4.78, 5) is 24.0. The van der Waals surface area contributed by atoms with Gasteiger partial charge in [0, 0.05) is 6.54 Å². The molecule has 1 unspecified atom stereocenters. The lowest BCUT2D eigenvalue weighted by atomic mass is 10.0. The van der Waals surface area contributed by atoms with Gasteiger partial charge in [0.2, 0.25) is 17.8 Å². The van der Waals surface area contributed by atoms with Gasteiger partial charge in [-0.05, 0) is 19.3 Å². The molecular formula is C13H24N6O2. The van der Waals surface area contributed by atoms with Gasteiger partial charge in [-0.15, -0.1) is 0 Å². The van der Waals surface area contributed by atoms with E-state index in [0.29, 0.717) is 19.1 Å². The second-order valence-corrected chi connectivity index (χ2v) is 4.91. The number of carbonyl (C=O) groups is 1. The minimum Gasteiger partial charge on any atom is -0.463 e. The molecule has 0 aliphatic heterocycles. The number of hydrogen-bond acceptors (Lipinski definition) is 7. The minimum atomic E-state index is -0.555. The molecule has 118 valence electrons. The smallest absolute Gasteiger partial charge is 0.323 e. The molecule has 0 saturated heterocycles. The number of anilines is 2. The van der Waals surface area contributed by atoms with E-state index in [0.717, 1.165) is 6.42 Å². The predicted octanol–water partition coefficient (Wildman–Crippen LogP) is 1.01. The summed E-state index contributed by atoms with van der Waals surface area (Å²) in [6.07, 6.45) is 0.848. The number of nitrogens with one attached hydrogen (secondary N) is 2. The van der Waals surface area contributed by atoms with Crippen molar-refractivity contribution in [3.63, 3.8) is 0 Å². The van der Waals surface area contributed by atoms with Crippen molar-refractivity contribution < 1.29 is 9.53 Å². The fourth-order valence-electron chi connectivity index (χ4n) is 1.62. The Balaban J connectivity index is 2.97. The van der Waals surface area contributed by atoms with Crippen molar-refractivity contribution in [1.29, 1.82) is 0 Å². The highest BCUT2D eigenvalue weighted by molar-refractivity contribution is 5.82. The third-order valence-corrected chi connectivity index (χ3v) is 2.64. The number of carbonyl (C=O) groups excluding carboxylic acids is 1. The number of aromatic nitrogens is 3. The highest BCUT2D eigenvalue weighted by atomic mass is 16.5. The zero-order chi connectivity index (χ0) is 15.8. The van der Waals surface area contributed by atoms with E-state index in [9.17, 15) is 4.79 Å². The maximum atomic E-state index is 11.5. The van der Waals surface area contributed by atoms with Gasteiger partial charge in [-0.3, -0.25) is 4.79 Å². The van der Waals surface area contributed by atoms with Crippen molar-refractivity contribution in [1.82, 2.24) is 15.0 Å². The number of nitrogens with two attached hydrogens (primary N) is 1. The Kier molecular flexibility index (Phi) is 6.64. The molecule has 0 aliphatic carbocycles. The van der Waals surface area contributed by atoms with Crippen LogP contribution in [0.15, 0.2) is 0 Å². The summed E-state index contributed by atoms with van der Waals surface area (Å²) >= 11 is 0. The maximum Gasteiger partial charge on any atom is 0.323 e. The van der Waals surface area contributed by atoms with Gasteiger partial charge < -0.3 is 21.1 Å². The van der Waals surface area contributed by atoms with Gasteiger partial charge >= 0.3 is 6.01 Å². The van der Waals surface area contributed by atoms with Crippen LogP contribution in [0.4, 0.5) is 11.9 Å². The molecule has 21 heavy (non-hydrogen) atoms. The Hall–Kier alpha value is -2.12. The van der Waals surface area contributed by atoms with Gasteiger partial charge in [-0.1, -0.05) is 20.8 Å². The molecule has 0 radical (unpaired) electrons. The summed E-state index contributed by atoms with van der Waals surface area (Å²) in [7, 11) is 0. The zero-order valence-corrected chi connectivity index (χ0v) is 13.0. The highest BCUT2D eigenvalue weighted by Crippen LogP contribution is 2.14. The van der Waals surface area contributed by atoms with E-state index in [1.807, 2.05) is 27.7 Å². The highest BCUT2D eigenvalue weighted by Gasteiger charge is 2.21. The number of amides is 1. The zero-order valence-electron chi connectivity index (χ0n) is 13.0. The van der Waals surface area contributed by atoms with Crippen molar-refractivity contribution in [3.05, 3.63) is 0 Å². The second kappa shape index (κ2) is 8.23. The SMILES string of the molecule is CCCOc1nc(NCC)nc(NC(C(N)=O)C(C)C)n1. The van der Waals surface area contributed by atoms with Crippen LogP contribution in [0.5, 0.6) is 6.01 Å². The molecule has 4 N–H and O–H groups in total. The number of primary amides is 1. The van der Waals surface area contributed by atoms with E-state index in [2.05, 4.69) is 25.6 Å². The van der Waals surface area contributed by atoms with Crippen LogP contribution in [-0.2, 0) is 4.79 Å². The molecule has 1 atom stereocenters. The summed E-state index contributed by atoms with van der Waals surface area (Å²) in [6, 6.07) is -0.335. The van der Waals surface area contributed by atoms with Crippen molar-refractivity contribution in [2.24, 2.45) is 11.7 Å². The number of ether oxygens (including phenoxy) is 1. The maximum absolute atomic E-state index is 11.5. The van der Waals surface area contributed by atoms with Crippen LogP contribution in [0, 0.1) is 5.92 Å². The lowest BCUT2D eigenvalue weighted by molar-refractivity contribution is -0.119. The van der Waals surface area contributed by atoms with Crippen LogP contribution in [0.1, 0.15) is 34.1 Å². The third-order valence-electron chi connectivity index (χ3n) is 2.64. The average molecular weight is 296 g/mol. The van der Waals surface area contributed by atoms with Crippen molar-refractivity contribution in [2.45, 2.75) is 40.2 Å². The minimum absolute atomic E-state index is 0.0156. The van der Waals surface area contributed by atoms with E-state index in [-0.39, 0.29) is 17.9 Å². The first-order valence-electron chi connectivity index (χ1n) is 7.16. The summed E-state index contributed by atoms with van der Waals surface area (Å²) in [6.45, 7) is 8.89. The molecule has 8 nitrogen and oxygen atoms in total. The van der Waals surface area contributed by atoms with Crippen LogP contribution in [0.2, 0.25) is 0 Å². The first kappa shape index (κ1) is 16.9. The molecule has 0 fully saturated rings. The van der Waals surface area contributed by atoms with Gasteiger partial charge in [0.25, 0.3) is 0 Å². The summed E-state index contributed by atoms with van der Waals surface area (Å²) in [5, 5.41) is 5.93. The monoisotopic (exact) mass is 296 g/mol. The molecule has 0 bridgehead atoms. The van der Waals surface area contributed by atoms with Gasteiger partial charge in [0.1, 0.15) is 6.04 Å². The molecular weight excluding hydrogens is 272 g/mol. The van der Waals surface area contributed by atoms with Crippen molar-refractivity contribution in [3.8, 4) is 6.01 Å².